The molecule has 1 aromatic carbocycles. The SMILES string of the molecule is Cc1cc(C)n([C@H](CNC(=O)CSCc2ccccc2)c2ccco2)n1. The predicted octanol–water partition coefficient (Wildman–Crippen LogP) is 3.73. The number of aryl methyl sites for hydroxylation is 2. The molecule has 2 heterocycles. The molecule has 0 aliphatic carbocycles. The molecule has 3 rings (SSSR count). The quantitative estimate of drug-likeness (QED) is 0.657. The summed E-state index contributed by atoms with van der Waals surface area (Å²) in [6.45, 7) is 4.41. The number of nitrogens with zero attached hydrogens (tertiary/aromatic N) is 2. The van der Waals surface area contributed by atoms with Crippen molar-refractivity contribution in [3.63, 3.8) is 0 Å². The molecule has 0 radical (unpaired) electrons. The molecular weight excluding hydrogens is 346 g/mol. The average molecular weight is 369 g/mol. The van der Waals surface area contributed by atoms with E-state index >= 15 is 0 Å². The van der Waals surface area contributed by atoms with Crippen LogP contribution in [0, 0.1) is 13.8 Å². The Morgan fingerprint density at radius 2 is 2.04 bits per heavy atom. The van der Waals surface area contributed by atoms with Gasteiger partial charge in [0.05, 0.1) is 17.7 Å². The molecule has 1 amide bonds. The molecule has 136 valence electrons. The molecule has 0 aliphatic heterocycles. The van der Waals surface area contributed by atoms with Gasteiger partial charge in [0.15, 0.2) is 0 Å². The fourth-order valence-electron chi connectivity index (χ4n) is 2.85. The minimum Gasteiger partial charge on any atom is -0.467 e. The van der Waals surface area contributed by atoms with Gasteiger partial charge in [-0.05, 0) is 37.6 Å². The third kappa shape index (κ3) is 4.79. The number of aromatic nitrogens is 2. The van der Waals surface area contributed by atoms with E-state index in [2.05, 4.69) is 22.5 Å². The average Bonchev–Trinajstić information content (AvgIpc) is 3.26. The lowest BCUT2D eigenvalue weighted by Crippen LogP contribution is -2.33. The fourth-order valence-corrected chi connectivity index (χ4v) is 3.67. The number of carbonyl (C=O) groups excluding carboxylic acids is 1. The van der Waals surface area contributed by atoms with Crippen LogP contribution in [0.1, 0.15) is 28.8 Å². The van der Waals surface area contributed by atoms with Crippen molar-refractivity contribution >= 4 is 17.7 Å². The van der Waals surface area contributed by atoms with E-state index in [0.29, 0.717) is 12.3 Å². The fraction of sp³-hybridized carbons (Fsp3) is 0.300. The van der Waals surface area contributed by atoms with Crippen LogP contribution in [-0.2, 0) is 10.5 Å². The Kier molecular flexibility index (Phi) is 6.17. The van der Waals surface area contributed by atoms with Crippen LogP contribution >= 0.6 is 11.8 Å². The van der Waals surface area contributed by atoms with Gasteiger partial charge in [-0.3, -0.25) is 9.48 Å². The second-order valence-electron chi connectivity index (χ2n) is 6.19. The summed E-state index contributed by atoms with van der Waals surface area (Å²) in [5.41, 5.74) is 3.21. The Morgan fingerprint density at radius 3 is 2.69 bits per heavy atom. The highest BCUT2D eigenvalue weighted by molar-refractivity contribution is 7.99. The third-order valence-electron chi connectivity index (χ3n) is 4.05. The Morgan fingerprint density at radius 1 is 1.23 bits per heavy atom. The minimum atomic E-state index is -0.151. The van der Waals surface area contributed by atoms with E-state index in [1.54, 1.807) is 18.0 Å². The van der Waals surface area contributed by atoms with Gasteiger partial charge in [-0.25, -0.2) is 0 Å². The van der Waals surface area contributed by atoms with Gasteiger partial charge in [0.1, 0.15) is 11.8 Å². The summed E-state index contributed by atoms with van der Waals surface area (Å²) >= 11 is 1.61. The predicted molar refractivity (Wildman–Crippen MR) is 104 cm³/mol. The Balaban J connectivity index is 1.56. The lowest BCUT2D eigenvalue weighted by atomic mass is 10.2. The smallest absolute Gasteiger partial charge is 0.230 e. The number of furan rings is 1. The van der Waals surface area contributed by atoms with Crippen LogP contribution in [0.15, 0.2) is 59.2 Å². The lowest BCUT2D eigenvalue weighted by Gasteiger charge is -2.18. The minimum absolute atomic E-state index is 0.0176. The Labute approximate surface area is 157 Å². The van der Waals surface area contributed by atoms with Crippen molar-refractivity contribution in [2.24, 2.45) is 0 Å². The number of benzene rings is 1. The normalized spacial score (nSPS) is 12.1. The first-order valence-corrected chi connectivity index (χ1v) is 9.73. The molecule has 1 atom stereocenters. The highest BCUT2D eigenvalue weighted by atomic mass is 32.2. The van der Waals surface area contributed by atoms with Gasteiger partial charge >= 0.3 is 0 Å². The van der Waals surface area contributed by atoms with Crippen LogP contribution in [-0.4, -0.2) is 28.0 Å². The third-order valence-corrected chi connectivity index (χ3v) is 5.05. The lowest BCUT2D eigenvalue weighted by molar-refractivity contribution is -0.118. The summed E-state index contributed by atoms with van der Waals surface area (Å²) < 4.78 is 7.48. The molecule has 1 N–H and O–H groups in total. The van der Waals surface area contributed by atoms with Gasteiger partial charge in [-0.1, -0.05) is 30.3 Å². The Hall–Kier alpha value is -2.47. The standard InChI is InChI=1S/C20H23N3O2S/c1-15-11-16(2)23(22-15)18(19-9-6-10-25-19)12-21-20(24)14-26-13-17-7-4-3-5-8-17/h3-11,18H,12-14H2,1-2H3,(H,21,24)/t18-/m1/s1. The van der Waals surface area contributed by atoms with Crippen LogP contribution in [0.2, 0.25) is 0 Å². The van der Waals surface area contributed by atoms with E-state index in [0.717, 1.165) is 22.9 Å². The monoisotopic (exact) mass is 369 g/mol. The number of nitrogens with one attached hydrogen (secondary N) is 1. The largest absolute Gasteiger partial charge is 0.467 e. The summed E-state index contributed by atoms with van der Waals surface area (Å²) in [6.07, 6.45) is 1.64. The maximum atomic E-state index is 12.2. The van der Waals surface area contributed by atoms with Gasteiger partial charge in [-0.15, -0.1) is 11.8 Å². The molecule has 0 unspecified atom stereocenters. The van der Waals surface area contributed by atoms with Crippen molar-refractivity contribution in [3.05, 3.63) is 77.5 Å². The molecule has 0 fully saturated rings. The van der Waals surface area contributed by atoms with Crippen molar-refractivity contribution in [1.29, 1.82) is 0 Å². The summed E-state index contributed by atoms with van der Waals surface area (Å²) in [5, 5.41) is 7.56. The summed E-state index contributed by atoms with van der Waals surface area (Å²) in [7, 11) is 0. The van der Waals surface area contributed by atoms with Crippen LogP contribution in [0.3, 0.4) is 0 Å². The maximum Gasteiger partial charge on any atom is 0.230 e. The summed E-state index contributed by atoms with van der Waals surface area (Å²) in [4.78, 5) is 12.2. The zero-order valence-corrected chi connectivity index (χ0v) is 15.8. The molecule has 26 heavy (non-hydrogen) atoms. The van der Waals surface area contributed by atoms with Gasteiger partial charge < -0.3 is 9.73 Å². The van der Waals surface area contributed by atoms with E-state index < -0.39 is 0 Å². The Bertz CT molecular complexity index is 828. The van der Waals surface area contributed by atoms with E-state index in [1.807, 2.05) is 54.9 Å². The number of hydrogen-bond donors (Lipinski definition) is 1. The molecule has 0 bridgehead atoms. The molecule has 3 aromatic rings. The van der Waals surface area contributed by atoms with Gasteiger partial charge in [0, 0.05) is 18.0 Å². The molecule has 0 saturated carbocycles. The molecule has 2 aromatic heterocycles. The summed E-state index contributed by atoms with van der Waals surface area (Å²) in [6, 6.07) is 15.8. The van der Waals surface area contributed by atoms with Gasteiger partial charge in [-0.2, -0.15) is 5.10 Å². The van der Waals surface area contributed by atoms with Crippen LogP contribution < -0.4 is 5.32 Å². The first-order chi connectivity index (χ1) is 12.6. The van der Waals surface area contributed by atoms with E-state index in [1.165, 1.54) is 5.56 Å². The second-order valence-corrected chi connectivity index (χ2v) is 7.17. The van der Waals surface area contributed by atoms with E-state index in [-0.39, 0.29) is 11.9 Å². The molecule has 6 heteroatoms. The number of amides is 1. The van der Waals surface area contributed by atoms with Crippen molar-refractivity contribution < 1.29 is 9.21 Å². The van der Waals surface area contributed by atoms with Crippen LogP contribution in [0.5, 0.6) is 0 Å². The number of carbonyl (C=O) groups is 1. The van der Waals surface area contributed by atoms with Gasteiger partial charge in [0.25, 0.3) is 0 Å². The van der Waals surface area contributed by atoms with Crippen molar-refractivity contribution in [2.45, 2.75) is 25.6 Å². The van der Waals surface area contributed by atoms with Crippen LogP contribution in [0.25, 0.3) is 0 Å². The topological polar surface area (TPSA) is 60.1 Å². The zero-order chi connectivity index (χ0) is 18.4. The first kappa shape index (κ1) is 18.3. The van der Waals surface area contributed by atoms with E-state index in [9.17, 15) is 4.79 Å². The molecule has 0 spiro atoms. The molecule has 5 nitrogen and oxygen atoms in total. The van der Waals surface area contributed by atoms with Crippen LogP contribution in [0.4, 0.5) is 0 Å². The maximum absolute atomic E-state index is 12.2. The highest BCUT2D eigenvalue weighted by Crippen LogP contribution is 2.20. The van der Waals surface area contributed by atoms with E-state index in [4.69, 9.17) is 4.42 Å². The first-order valence-electron chi connectivity index (χ1n) is 8.58. The van der Waals surface area contributed by atoms with Gasteiger partial charge in [0.2, 0.25) is 5.91 Å². The van der Waals surface area contributed by atoms with Crippen molar-refractivity contribution in [1.82, 2.24) is 15.1 Å². The molecular formula is C20H23N3O2S. The van der Waals surface area contributed by atoms with Crippen molar-refractivity contribution in [2.75, 3.05) is 12.3 Å². The molecule has 0 saturated heterocycles. The number of rotatable bonds is 8. The highest BCUT2D eigenvalue weighted by Gasteiger charge is 2.20. The summed E-state index contributed by atoms with van der Waals surface area (Å²) in [5.74, 6) is 2.06. The second kappa shape index (κ2) is 8.76. The zero-order valence-electron chi connectivity index (χ0n) is 15.0. The number of hydrogen-bond acceptors (Lipinski definition) is 4. The number of thioether (sulfide) groups is 1. The van der Waals surface area contributed by atoms with Crippen molar-refractivity contribution in [3.8, 4) is 0 Å². The molecule has 0 aliphatic rings.